The van der Waals surface area contributed by atoms with E-state index in [0.717, 1.165) is 17.5 Å². The lowest BCUT2D eigenvalue weighted by Crippen LogP contribution is -1.88. The topological polar surface area (TPSA) is 17.1 Å². The second kappa shape index (κ2) is 5.65. The van der Waals surface area contributed by atoms with E-state index >= 15 is 0 Å². The SMILES string of the molecule is C=CCc1ccc(-c2ccc(C(=O)Cl)cc2)cc1. The number of halogens is 1. The molecule has 0 aliphatic heterocycles. The van der Waals surface area contributed by atoms with Crippen molar-refractivity contribution >= 4 is 16.8 Å². The minimum Gasteiger partial charge on any atom is -0.276 e. The number of carbonyl (C=O) groups excluding carboxylic acids is 1. The van der Waals surface area contributed by atoms with Gasteiger partial charge in [-0.05, 0) is 46.8 Å². The normalized spacial score (nSPS) is 10.1. The van der Waals surface area contributed by atoms with Gasteiger partial charge in [-0.15, -0.1) is 6.58 Å². The Balaban J connectivity index is 2.25. The fraction of sp³-hybridized carbons (Fsp3) is 0.0625. The van der Waals surface area contributed by atoms with Gasteiger partial charge in [0.1, 0.15) is 0 Å². The Morgan fingerprint density at radius 3 is 1.94 bits per heavy atom. The van der Waals surface area contributed by atoms with Crippen molar-refractivity contribution < 1.29 is 4.79 Å². The Labute approximate surface area is 112 Å². The van der Waals surface area contributed by atoms with Crippen LogP contribution in [0, 0.1) is 0 Å². The van der Waals surface area contributed by atoms with E-state index in [0.29, 0.717) is 5.56 Å². The number of carbonyl (C=O) groups is 1. The zero-order chi connectivity index (χ0) is 13.0. The van der Waals surface area contributed by atoms with Crippen molar-refractivity contribution in [3.05, 3.63) is 72.3 Å². The van der Waals surface area contributed by atoms with Crippen LogP contribution in [0.2, 0.25) is 0 Å². The Bertz CT molecular complexity index is 553. The summed E-state index contributed by atoms with van der Waals surface area (Å²) in [5.74, 6) is 0. The molecule has 0 radical (unpaired) electrons. The molecule has 90 valence electrons. The lowest BCUT2D eigenvalue weighted by molar-refractivity contribution is 0.108. The molecule has 2 aromatic carbocycles. The van der Waals surface area contributed by atoms with Gasteiger partial charge >= 0.3 is 0 Å². The van der Waals surface area contributed by atoms with Crippen molar-refractivity contribution in [1.29, 1.82) is 0 Å². The number of rotatable bonds is 4. The Morgan fingerprint density at radius 2 is 1.50 bits per heavy atom. The van der Waals surface area contributed by atoms with Crippen LogP contribution < -0.4 is 0 Å². The summed E-state index contributed by atoms with van der Waals surface area (Å²) in [4.78, 5) is 11.0. The monoisotopic (exact) mass is 256 g/mol. The summed E-state index contributed by atoms with van der Waals surface area (Å²) in [6.07, 6.45) is 2.76. The van der Waals surface area contributed by atoms with Crippen LogP contribution in [0.5, 0.6) is 0 Å². The third kappa shape index (κ3) is 2.88. The maximum absolute atomic E-state index is 11.0. The molecule has 0 bridgehead atoms. The first-order valence-electron chi connectivity index (χ1n) is 5.71. The van der Waals surface area contributed by atoms with Crippen LogP contribution in [-0.4, -0.2) is 5.24 Å². The van der Waals surface area contributed by atoms with Crippen LogP contribution in [-0.2, 0) is 6.42 Å². The molecule has 0 spiro atoms. The standard InChI is InChI=1S/C16H13ClO/c1-2-3-12-4-6-13(7-5-12)14-8-10-15(11-9-14)16(17)18/h2,4-11H,1,3H2. The number of hydrogen-bond donors (Lipinski definition) is 0. The second-order valence-electron chi connectivity index (χ2n) is 4.04. The van der Waals surface area contributed by atoms with Crippen molar-refractivity contribution in [1.82, 2.24) is 0 Å². The van der Waals surface area contributed by atoms with Crippen molar-refractivity contribution in [2.24, 2.45) is 0 Å². The highest BCUT2D eigenvalue weighted by Crippen LogP contribution is 2.21. The average Bonchev–Trinajstić information content (AvgIpc) is 2.40. The Hall–Kier alpha value is -1.86. The predicted molar refractivity (Wildman–Crippen MR) is 76.0 cm³/mol. The highest BCUT2D eigenvalue weighted by atomic mass is 35.5. The average molecular weight is 257 g/mol. The fourth-order valence-corrected chi connectivity index (χ4v) is 1.92. The molecule has 18 heavy (non-hydrogen) atoms. The molecule has 0 aromatic heterocycles. The van der Waals surface area contributed by atoms with Gasteiger partial charge in [0.25, 0.3) is 5.24 Å². The van der Waals surface area contributed by atoms with Gasteiger partial charge in [0.2, 0.25) is 0 Å². The summed E-state index contributed by atoms with van der Waals surface area (Å²) in [6, 6.07) is 15.6. The van der Waals surface area contributed by atoms with Crippen LogP contribution in [0.3, 0.4) is 0 Å². The summed E-state index contributed by atoms with van der Waals surface area (Å²) in [5.41, 5.74) is 3.95. The van der Waals surface area contributed by atoms with Gasteiger partial charge < -0.3 is 0 Å². The molecule has 0 atom stereocenters. The molecule has 0 amide bonds. The van der Waals surface area contributed by atoms with Crippen LogP contribution >= 0.6 is 11.6 Å². The molecule has 2 heteroatoms. The first-order valence-corrected chi connectivity index (χ1v) is 6.08. The van der Waals surface area contributed by atoms with Gasteiger partial charge in [0.05, 0.1) is 0 Å². The van der Waals surface area contributed by atoms with Gasteiger partial charge in [-0.2, -0.15) is 0 Å². The highest BCUT2D eigenvalue weighted by Gasteiger charge is 2.02. The van der Waals surface area contributed by atoms with Crippen molar-refractivity contribution in [3.8, 4) is 11.1 Å². The van der Waals surface area contributed by atoms with E-state index in [1.165, 1.54) is 5.56 Å². The number of hydrogen-bond acceptors (Lipinski definition) is 1. The molecule has 0 saturated carbocycles. The highest BCUT2D eigenvalue weighted by molar-refractivity contribution is 6.67. The minimum atomic E-state index is -0.428. The van der Waals surface area contributed by atoms with Gasteiger partial charge in [-0.1, -0.05) is 42.5 Å². The van der Waals surface area contributed by atoms with Crippen LogP contribution in [0.4, 0.5) is 0 Å². The molecular weight excluding hydrogens is 244 g/mol. The van der Waals surface area contributed by atoms with Crippen molar-refractivity contribution in [3.63, 3.8) is 0 Å². The molecule has 2 aromatic rings. The largest absolute Gasteiger partial charge is 0.276 e. The molecule has 0 aliphatic rings. The molecule has 1 nitrogen and oxygen atoms in total. The van der Waals surface area contributed by atoms with Crippen LogP contribution in [0.1, 0.15) is 15.9 Å². The molecule has 2 rings (SSSR count). The van der Waals surface area contributed by atoms with Crippen LogP contribution in [0.25, 0.3) is 11.1 Å². The first-order chi connectivity index (χ1) is 8.70. The van der Waals surface area contributed by atoms with E-state index in [4.69, 9.17) is 11.6 Å². The Kier molecular flexibility index (Phi) is 3.96. The summed E-state index contributed by atoms with van der Waals surface area (Å²) in [6.45, 7) is 3.72. The van der Waals surface area contributed by atoms with Crippen molar-refractivity contribution in [2.75, 3.05) is 0 Å². The minimum absolute atomic E-state index is 0.428. The predicted octanol–water partition coefficient (Wildman–Crippen LogP) is 4.46. The summed E-state index contributed by atoms with van der Waals surface area (Å²) in [7, 11) is 0. The first kappa shape index (κ1) is 12.6. The third-order valence-corrected chi connectivity index (χ3v) is 3.00. The zero-order valence-corrected chi connectivity index (χ0v) is 10.7. The van der Waals surface area contributed by atoms with E-state index in [9.17, 15) is 4.79 Å². The van der Waals surface area contributed by atoms with E-state index < -0.39 is 5.24 Å². The van der Waals surface area contributed by atoms with Gasteiger partial charge in [-0.3, -0.25) is 4.79 Å². The summed E-state index contributed by atoms with van der Waals surface area (Å²) < 4.78 is 0. The quantitative estimate of drug-likeness (QED) is 0.583. The summed E-state index contributed by atoms with van der Waals surface area (Å²) >= 11 is 5.41. The maximum atomic E-state index is 11.0. The second-order valence-corrected chi connectivity index (χ2v) is 4.38. The molecule has 0 heterocycles. The van der Waals surface area contributed by atoms with E-state index in [1.54, 1.807) is 12.1 Å². The lowest BCUT2D eigenvalue weighted by atomic mass is 10.0. The zero-order valence-electron chi connectivity index (χ0n) is 9.90. The van der Waals surface area contributed by atoms with E-state index in [1.807, 2.05) is 18.2 Å². The fourth-order valence-electron chi connectivity index (χ4n) is 1.79. The van der Waals surface area contributed by atoms with Gasteiger partial charge in [0.15, 0.2) is 0 Å². The van der Waals surface area contributed by atoms with E-state index in [-0.39, 0.29) is 0 Å². The number of allylic oxidation sites excluding steroid dienone is 1. The van der Waals surface area contributed by atoms with Crippen molar-refractivity contribution in [2.45, 2.75) is 6.42 Å². The molecule has 0 saturated heterocycles. The van der Waals surface area contributed by atoms with Crippen LogP contribution in [0.15, 0.2) is 61.2 Å². The molecule has 0 aliphatic carbocycles. The number of benzene rings is 2. The Morgan fingerprint density at radius 1 is 1.00 bits per heavy atom. The third-order valence-electron chi connectivity index (χ3n) is 2.78. The molecule has 0 unspecified atom stereocenters. The smallest absolute Gasteiger partial charge is 0.252 e. The lowest BCUT2D eigenvalue weighted by Gasteiger charge is -2.04. The van der Waals surface area contributed by atoms with Gasteiger partial charge in [0, 0.05) is 5.56 Å². The van der Waals surface area contributed by atoms with E-state index in [2.05, 4.69) is 30.8 Å². The summed E-state index contributed by atoms with van der Waals surface area (Å²) in [5, 5.41) is -0.428. The molecular formula is C16H13ClO. The maximum Gasteiger partial charge on any atom is 0.252 e. The molecule has 0 N–H and O–H groups in total. The van der Waals surface area contributed by atoms with Gasteiger partial charge in [-0.25, -0.2) is 0 Å². The molecule has 0 fully saturated rings.